The Kier molecular flexibility index (Phi) is 5.79. The Balaban J connectivity index is 1.72. The first-order valence-electron chi connectivity index (χ1n) is 9.99. The highest BCUT2D eigenvalue weighted by atomic mass is 32.2. The van der Waals surface area contributed by atoms with Gasteiger partial charge in [-0.2, -0.15) is 0 Å². The molecule has 0 spiro atoms. The van der Waals surface area contributed by atoms with Crippen molar-refractivity contribution in [2.45, 2.75) is 89.1 Å². The smallest absolute Gasteiger partial charge is 0.480 e. The van der Waals surface area contributed by atoms with Gasteiger partial charge in [-0.25, -0.2) is 0 Å². The molecule has 0 amide bonds. The Labute approximate surface area is 168 Å². The SMILES string of the molecule is CC(C)(C)[S+]([O-])N[C@@H](C[C@H]1C[C@@H]1c1ccccc1)B1OC(C)(C)C(C)(C)O1. The molecule has 1 aliphatic heterocycles. The Hall–Kier alpha value is -0.525. The van der Waals surface area contributed by atoms with E-state index in [0.29, 0.717) is 11.8 Å². The van der Waals surface area contributed by atoms with Crippen molar-refractivity contribution >= 4 is 18.5 Å². The maximum absolute atomic E-state index is 12.8. The van der Waals surface area contributed by atoms with Gasteiger partial charge < -0.3 is 13.9 Å². The molecule has 27 heavy (non-hydrogen) atoms. The van der Waals surface area contributed by atoms with Crippen molar-refractivity contribution in [3.05, 3.63) is 35.9 Å². The average Bonchev–Trinajstić information content (AvgIpc) is 3.27. The van der Waals surface area contributed by atoms with Crippen molar-refractivity contribution < 1.29 is 13.9 Å². The Morgan fingerprint density at radius 2 is 1.70 bits per heavy atom. The predicted octanol–water partition coefficient (Wildman–Crippen LogP) is 4.23. The monoisotopic (exact) mass is 391 g/mol. The van der Waals surface area contributed by atoms with Crippen LogP contribution in [0.5, 0.6) is 0 Å². The molecule has 1 aromatic rings. The van der Waals surface area contributed by atoms with Crippen LogP contribution in [-0.4, -0.2) is 33.6 Å². The zero-order chi connectivity index (χ0) is 20.0. The van der Waals surface area contributed by atoms with Crippen LogP contribution >= 0.6 is 0 Å². The summed E-state index contributed by atoms with van der Waals surface area (Å²) in [6.45, 7) is 14.2. The Bertz CT molecular complexity index is 631. The second-order valence-electron chi connectivity index (χ2n) is 9.98. The van der Waals surface area contributed by atoms with Gasteiger partial charge in [-0.3, -0.25) is 0 Å². The van der Waals surface area contributed by atoms with Gasteiger partial charge in [-0.15, -0.1) is 4.72 Å². The van der Waals surface area contributed by atoms with Crippen LogP contribution in [0.25, 0.3) is 0 Å². The minimum atomic E-state index is -1.17. The highest BCUT2D eigenvalue weighted by Crippen LogP contribution is 2.51. The fourth-order valence-corrected chi connectivity index (χ4v) is 4.36. The minimum Gasteiger partial charge on any atom is -0.598 e. The zero-order valence-corrected chi connectivity index (χ0v) is 18.6. The third-order valence-electron chi connectivity index (χ3n) is 6.12. The fraction of sp³-hybridized carbons (Fsp3) is 0.714. The van der Waals surface area contributed by atoms with Gasteiger partial charge in [0, 0.05) is 11.4 Å². The largest absolute Gasteiger partial charge is 0.598 e. The van der Waals surface area contributed by atoms with Crippen LogP contribution in [0.1, 0.15) is 72.8 Å². The number of nitrogens with one attached hydrogen (secondary N) is 1. The zero-order valence-electron chi connectivity index (χ0n) is 17.7. The van der Waals surface area contributed by atoms with Crippen molar-refractivity contribution in [3.63, 3.8) is 0 Å². The first-order chi connectivity index (χ1) is 12.4. The van der Waals surface area contributed by atoms with E-state index < -0.39 is 18.5 Å². The maximum atomic E-state index is 12.8. The van der Waals surface area contributed by atoms with E-state index in [-0.39, 0.29) is 21.9 Å². The van der Waals surface area contributed by atoms with E-state index in [1.54, 1.807) is 0 Å². The minimum absolute atomic E-state index is 0.0928. The predicted molar refractivity (Wildman–Crippen MR) is 113 cm³/mol. The molecule has 1 N–H and O–H groups in total. The van der Waals surface area contributed by atoms with Crippen LogP contribution in [-0.2, 0) is 20.7 Å². The normalized spacial score (nSPS) is 28.8. The molecule has 0 aromatic heterocycles. The molecule has 1 saturated carbocycles. The summed E-state index contributed by atoms with van der Waals surface area (Å²) in [5.74, 6) is 1.06. The molecule has 0 bridgehead atoms. The van der Waals surface area contributed by atoms with Crippen LogP contribution in [0.2, 0.25) is 0 Å². The molecular weight excluding hydrogens is 357 g/mol. The summed E-state index contributed by atoms with van der Waals surface area (Å²) in [6, 6.07) is 10.7. The van der Waals surface area contributed by atoms with E-state index in [4.69, 9.17) is 9.31 Å². The number of benzene rings is 1. The third kappa shape index (κ3) is 4.73. The quantitative estimate of drug-likeness (QED) is 0.582. The molecule has 3 rings (SSSR count). The van der Waals surface area contributed by atoms with Crippen LogP contribution in [0.4, 0.5) is 0 Å². The fourth-order valence-electron chi connectivity index (χ4n) is 3.52. The molecule has 150 valence electrons. The van der Waals surface area contributed by atoms with Gasteiger partial charge in [-0.05, 0) is 78.7 Å². The number of rotatable bonds is 6. The van der Waals surface area contributed by atoms with Gasteiger partial charge in [0.05, 0.1) is 17.1 Å². The molecule has 1 heterocycles. The lowest BCUT2D eigenvalue weighted by Gasteiger charge is -2.32. The van der Waals surface area contributed by atoms with E-state index in [0.717, 1.165) is 6.42 Å². The van der Waals surface area contributed by atoms with Gasteiger partial charge >= 0.3 is 7.12 Å². The molecule has 4 atom stereocenters. The molecule has 1 saturated heterocycles. The highest BCUT2D eigenvalue weighted by Gasteiger charge is 2.56. The first kappa shape index (κ1) is 21.2. The second kappa shape index (κ2) is 7.38. The molecule has 1 aromatic carbocycles. The summed E-state index contributed by atoms with van der Waals surface area (Å²) in [7, 11) is -0.390. The van der Waals surface area contributed by atoms with Crippen LogP contribution in [0.3, 0.4) is 0 Å². The van der Waals surface area contributed by atoms with Crippen LogP contribution < -0.4 is 4.72 Å². The maximum Gasteiger partial charge on any atom is 0.480 e. The standard InChI is InChI=1S/C21H34BNO3S/c1-19(2,3)27(24)23-18(22-25-20(4,5)21(6,7)26-22)14-16-13-17(16)15-11-9-8-10-12-15/h8-12,16-18,23H,13-14H2,1-7H3/t16-,17-,18+,27?/m1/s1. The lowest BCUT2D eigenvalue weighted by Crippen LogP contribution is -2.52. The van der Waals surface area contributed by atoms with E-state index in [1.807, 2.05) is 20.8 Å². The van der Waals surface area contributed by atoms with Crippen molar-refractivity contribution in [2.24, 2.45) is 5.92 Å². The van der Waals surface area contributed by atoms with Crippen LogP contribution in [0.15, 0.2) is 30.3 Å². The summed E-state index contributed by atoms with van der Waals surface area (Å²) in [6.07, 6.45) is 2.07. The number of hydrogen-bond donors (Lipinski definition) is 1. The summed E-state index contributed by atoms with van der Waals surface area (Å²) in [5.41, 5.74) is 0.624. The van der Waals surface area contributed by atoms with Gasteiger partial charge in [0.15, 0.2) is 0 Å². The lowest BCUT2D eigenvalue weighted by atomic mass is 9.75. The highest BCUT2D eigenvalue weighted by molar-refractivity contribution is 7.90. The lowest BCUT2D eigenvalue weighted by molar-refractivity contribution is 0.00578. The molecule has 1 unspecified atom stereocenters. The van der Waals surface area contributed by atoms with Gasteiger partial charge in [0.1, 0.15) is 4.75 Å². The second-order valence-corrected chi connectivity index (χ2v) is 12.0. The summed E-state index contributed by atoms with van der Waals surface area (Å²) in [5, 5.41) is 0. The van der Waals surface area contributed by atoms with Gasteiger partial charge in [0.25, 0.3) is 0 Å². The Morgan fingerprint density at radius 3 is 2.22 bits per heavy atom. The van der Waals surface area contributed by atoms with E-state index >= 15 is 0 Å². The van der Waals surface area contributed by atoms with E-state index in [9.17, 15) is 4.55 Å². The van der Waals surface area contributed by atoms with Gasteiger partial charge in [-0.1, -0.05) is 30.3 Å². The van der Waals surface area contributed by atoms with Crippen LogP contribution in [0, 0.1) is 5.92 Å². The molecule has 4 nitrogen and oxygen atoms in total. The molecule has 1 aliphatic carbocycles. The molecular formula is C21H34BNO3S. The van der Waals surface area contributed by atoms with Gasteiger partial charge in [0.2, 0.25) is 0 Å². The van der Waals surface area contributed by atoms with Crippen molar-refractivity contribution in [3.8, 4) is 0 Å². The summed E-state index contributed by atoms with van der Waals surface area (Å²) < 4.78 is 28.4. The summed E-state index contributed by atoms with van der Waals surface area (Å²) >= 11 is -1.17. The third-order valence-corrected chi connectivity index (χ3v) is 7.75. The van der Waals surface area contributed by atoms with Crippen molar-refractivity contribution in [2.75, 3.05) is 0 Å². The molecule has 2 aliphatic rings. The molecule has 0 radical (unpaired) electrons. The van der Waals surface area contributed by atoms with E-state index in [2.05, 4.69) is 62.7 Å². The number of hydrogen-bond acceptors (Lipinski definition) is 4. The average molecular weight is 391 g/mol. The first-order valence-corrected chi connectivity index (χ1v) is 11.1. The van der Waals surface area contributed by atoms with E-state index in [1.165, 1.54) is 12.0 Å². The Morgan fingerprint density at radius 1 is 1.15 bits per heavy atom. The topological polar surface area (TPSA) is 53.5 Å². The molecule has 6 heteroatoms. The summed E-state index contributed by atoms with van der Waals surface area (Å²) in [4.78, 5) is 0. The molecule has 2 fully saturated rings. The van der Waals surface area contributed by atoms with Crippen molar-refractivity contribution in [1.29, 1.82) is 0 Å². The van der Waals surface area contributed by atoms with Crippen molar-refractivity contribution in [1.82, 2.24) is 4.72 Å².